The summed E-state index contributed by atoms with van der Waals surface area (Å²) in [7, 11) is 0. The first-order valence-electron chi connectivity index (χ1n) is 10.7. The molecule has 2 aromatic heterocycles. The number of fused-ring (bicyclic) bond motifs is 1. The van der Waals surface area contributed by atoms with E-state index < -0.39 is 0 Å². The SMILES string of the molecule is CSc1ccccc1C(=O)NCCn1ncc2c(N3CCOCC3)nc(SC(C)C)nc21. The molecule has 1 saturated heterocycles. The Balaban J connectivity index is 1.54. The fourth-order valence-corrected chi connectivity index (χ4v) is 4.86. The highest BCUT2D eigenvalue weighted by Gasteiger charge is 2.21. The number of aromatic nitrogens is 4. The first-order valence-corrected chi connectivity index (χ1v) is 12.8. The summed E-state index contributed by atoms with van der Waals surface area (Å²) in [5, 5.41) is 9.62. The van der Waals surface area contributed by atoms with Crippen LogP contribution in [0.25, 0.3) is 11.0 Å². The Labute approximate surface area is 196 Å². The monoisotopic (exact) mass is 472 g/mol. The second-order valence-corrected chi connectivity index (χ2v) is 10.0. The Morgan fingerprint density at radius 3 is 2.75 bits per heavy atom. The smallest absolute Gasteiger partial charge is 0.252 e. The zero-order valence-corrected chi connectivity index (χ0v) is 20.2. The number of thioether (sulfide) groups is 2. The molecule has 0 unspecified atom stereocenters. The van der Waals surface area contributed by atoms with Crippen LogP contribution >= 0.6 is 23.5 Å². The molecule has 3 aromatic rings. The highest BCUT2D eigenvalue weighted by Crippen LogP contribution is 2.29. The van der Waals surface area contributed by atoms with Gasteiger partial charge in [-0.2, -0.15) is 5.10 Å². The number of anilines is 1. The van der Waals surface area contributed by atoms with E-state index in [2.05, 4.69) is 29.2 Å². The summed E-state index contributed by atoms with van der Waals surface area (Å²) in [6.07, 6.45) is 3.80. The van der Waals surface area contributed by atoms with Crippen molar-refractivity contribution in [3.8, 4) is 0 Å². The molecule has 1 fully saturated rings. The van der Waals surface area contributed by atoms with Gasteiger partial charge < -0.3 is 15.0 Å². The third-order valence-corrected chi connectivity index (χ3v) is 6.73. The molecule has 1 amide bonds. The van der Waals surface area contributed by atoms with Gasteiger partial charge in [-0.25, -0.2) is 14.6 Å². The van der Waals surface area contributed by atoms with E-state index in [-0.39, 0.29) is 5.91 Å². The number of hydrogen-bond donors (Lipinski definition) is 1. The number of ether oxygens (including phenoxy) is 1. The topological polar surface area (TPSA) is 85.2 Å². The molecule has 1 aliphatic rings. The Hall–Kier alpha value is -2.30. The van der Waals surface area contributed by atoms with Crippen molar-refractivity contribution in [2.75, 3.05) is 44.0 Å². The van der Waals surface area contributed by atoms with Gasteiger partial charge >= 0.3 is 0 Å². The summed E-state index contributed by atoms with van der Waals surface area (Å²) >= 11 is 3.21. The molecule has 0 spiro atoms. The van der Waals surface area contributed by atoms with Crippen LogP contribution in [0, 0.1) is 0 Å². The lowest BCUT2D eigenvalue weighted by Crippen LogP contribution is -2.37. The average Bonchev–Trinajstić information content (AvgIpc) is 3.21. The fourth-order valence-electron chi connectivity index (χ4n) is 3.57. The van der Waals surface area contributed by atoms with Crippen molar-refractivity contribution in [3.05, 3.63) is 36.0 Å². The minimum Gasteiger partial charge on any atom is -0.378 e. The quantitative estimate of drug-likeness (QED) is 0.395. The van der Waals surface area contributed by atoms with Gasteiger partial charge in [0.15, 0.2) is 10.8 Å². The average molecular weight is 473 g/mol. The molecule has 8 nitrogen and oxygen atoms in total. The van der Waals surface area contributed by atoms with Gasteiger partial charge in [-0.05, 0) is 18.4 Å². The van der Waals surface area contributed by atoms with Gasteiger partial charge in [0.2, 0.25) is 0 Å². The first kappa shape index (κ1) is 22.9. The molecule has 10 heteroatoms. The van der Waals surface area contributed by atoms with E-state index in [1.807, 2.05) is 41.4 Å². The number of morpholine rings is 1. The van der Waals surface area contributed by atoms with Gasteiger partial charge in [0, 0.05) is 29.8 Å². The summed E-state index contributed by atoms with van der Waals surface area (Å²) < 4.78 is 7.36. The van der Waals surface area contributed by atoms with Crippen molar-refractivity contribution in [1.82, 2.24) is 25.1 Å². The van der Waals surface area contributed by atoms with E-state index in [1.54, 1.807) is 23.5 Å². The predicted octanol–water partition coefficient (Wildman–Crippen LogP) is 3.32. The molecular weight excluding hydrogens is 444 g/mol. The van der Waals surface area contributed by atoms with Crippen molar-refractivity contribution >= 4 is 46.3 Å². The molecule has 0 aliphatic carbocycles. The van der Waals surface area contributed by atoms with Crippen LogP contribution in [0.15, 0.2) is 40.5 Å². The van der Waals surface area contributed by atoms with Gasteiger partial charge in [0.05, 0.1) is 36.9 Å². The van der Waals surface area contributed by atoms with E-state index in [0.717, 1.165) is 40.0 Å². The zero-order valence-electron chi connectivity index (χ0n) is 18.6. The normalized spacial score (nSPS) is 14.3. The Kier molecular flexibility index (Phi) is 7.54. The molecule has 0 saturated carbocycles. The Bertz CT molecular complexity index is 1080. The molecular formula is C22H28N6O2S2. The van der Waals surface area contributed by atoms with Crippen LogP contribution < -0.4 is 10.2 Å². The number of nitrogens with one attached hydrogen (secondary N) is 1. The lowest BCUT2D eigenvalue weighted by Gasteiger charge is -2.28. The standard InChI is InChI=1S/C22H28N6O2S2/c1-15(2)32-22-25-19(27-10-12-30-13-11-27)17-14-24-28(20(17)26-22)9-8-23-21(29)16-6-4-5-7-18(16)31-3/h4-7,14-15H,8-13H2,1-3H3,(H,23,29). The summed E-state index contributed by atoms with van der Waals surface area (Å²) in [5.41, 5.74) is 1.49. The van der Waals surface area contributed by atoms with Crippen LogP contribution in [0.4, 0.5) is 5.82 Å². The maximum Gasteiger partial charge on any atom is 0.252 e. The van der Waals surface area contributed by atoms with Crippen LogP contribution in [-0.4, -0.2) is 70.0 Å². The van der Waals surface area contributed by atoms with Gasteiger partial charge in [0.25, 0.3) is 5.91 Å². The second kappa shape index (κ2) is 10.5. The second-order valence-electron chi connectivity index (χ2n) is 7.66. The highest BCUT2D eigenvalue weighted by molar-refractivity contribution is 7.99. The van der Waals surface area contributed by atoms with Crippen molar-refractivity contribution in [3.63, 3.8) is 0 Å². The van der Waals surface area contributed by atoms with Crippen LogP contribution in [0.2, 0.25) is 0 Å². The largest absolute Gasteiger partial charge is 0.378 e. The lowest BCUT2D eigenvalue weighted by atomic mass is 10.2. The molecule has 3 heterocycles. The minimum absolute atomic E-state index is 0.0777. The number of nitrogens with zero attached hydrogens (tertiary/aromatic N) is 5. The summed E-state index contributed by atoms with van der Waals surface area (Å²) in [6.45, 7) is 8.23. The predicted molar refractivity (Wildman–Crippen MR) is 130 cm³/mol. The lowest BCUT2D eigenvalue weighted by molar-refractivity contribution is 0.0949. The maximum atomic E-state index is 12.7. The number of hydrogen-bond acceptors (Lipinski definition) is 8. The van der Waals surface area contributed by atoms with Crippen LogP contribution in [0.1, 0.15) is 24.2 Å². The Morgan fingerprint density at radius 1 is 1.22 bits per heavy atom. The van der Waals surface area contributed by atoms with E-state index in [9.17, 15) is 4.79 Å². The van der Waals surface area contributed by atoms with E-state index >= 15 is 0 Å². The summed E-state index contributed by atoms with van der Waals surface area (Å²) in [6, 6.07) is 7.63. The van der Waals surface area contributed by atoms with Crippen molar-refractivity contribution < 1.29 is 9.53 Å². The van der Waals surface area contributed by atoms with Gasteiger partial charge in [-0.1, -0.05) is 37.7 Å². The van der Waals surface area contributed by atoms with Crippen LogP contribution in [0.5, 0.6) is 0 Å². The summed E-state index contributed by atoms with van der Waals surface area (Å²) in [4.78, 5) is 25.5. The molecule has 1 aromatic carbocycles. The van der Waals surface area contributed by atoms with Crippen molar-refractivity contribution in [2.24, 2.45) is 0 Å². The van der Waals surface area contributed by atoms with Crippen LogP contribution in [0.3, 0.4) is 0 Å². The third-order valence-electron chi connectivity index (χ3n) is 5.07. The van der Waals surface area contributed by atoms with E-state index in [4.69, 9.17) is 14.7 Å². The zero-order chi connectivity index (χ0) is 22.5. The Morgan fingerprint density at radius 2 is 2.00 bits per heavy atom. The van der Waals surface area contributed by atoms with Gasteiger partial charge in [0.1, 0.15) is 5.82 Å². The fraction of sp³-hybridized carbons (Fsp3) is 0.455. The van der Waals surface area contributed by atoms with Crippen molar-refractivity contribution in [2.45, 2.75) is 35.7 Å². The van der Waals surface area contributed by atoms with Crippen LogP contribution in [-0.2, 0) is 11.3 Å². The molecule has 0 atom stereocenters. The number of benzene rings is 1. The van der Waals surface area contributed by atoms with Gasteiger partial charge in [-0.15, -0.1) is 11.8 Å². The number of carbonyl (C=O) groups is 1. The highest BCUT2D eigenvalue weighted by atomic mass is 32.2. The van der Waals surface area contributed by atoms with Crippen molar-refractivity contribution in [1.29, 1.82) is 0 Å². The molecule has 170 valence electrons. The molecule has 32 heavy (non-hydrogen) atoms. The number of rotatable bonds is 8. The number of carbonyl (C=O) groups excluding carboxylic acids is 1. The molecule has 0 bridgehead atoms. The molecule has 1 N–H and O–H groups in total. The van der Waals surface area contributed by atoms with E-state index in [1.165, 1.54) is 0 Å². The number of amides is 1. The molecule has 4 rings (SSSR count). The maximum absolute atomic E-state index is 12.7. The third kappa shape index (κ3) is 5.19. The minimum atomic E-state index is -0.0777. The van der Waals surface area contributed by atoms with Gasteiger partial charge in [-0.3, -0.25) is 4.79 Å². The summed E-state index contributed by atoms with van der Waals surface area (Å²) in [5.74, 6) is 0.830. The molecule has 0 radical (unpaired) electrons. The molecule has 1 aliphatic heterocycles. The first-order chi connectivity index (χ1) is 15.6. The van der Waals surface area contributed by atoms with E-state index in [0.29, 0.717) is 37.1 Å².